The molecule has 1 aromatic carbocycles. The monoisotopic (exact) mass is 362 g/mol. The van der Waals surface area contributed by atoms with Crippen LogP contribution in [0.25, 0.3) is 11.1 Å². The summed E-state index contributed by atoms with van der Waals surface area (Å²) >= 11 is 3.43. The number of rotatable bonds is 6. The zero-order valence-corrected chi connectivity index (χ0v) is 14.4. The Kier molecular flexibility index (Phi) is 5.57. The van der Waals surface area contributed by atoms with Crippen molar-refractivity contribution in [3.63, 3.8) is 0 Å². The van der Waals surface area contributed by atoms with Crippen LogP contribution < -0.4 is 4.74 Å². The van der Waals surface area contributed by atoms with E-state index in [0.717, 1.165) is 29.9 Å². The molecule has 1 N–H and O–H groups in total. The molecule has 1 aliphatic rings. The van der Waals surface area contributed by atoms with Crippen LogP contribution in [0.2, 0.25) is 0 Å². The smallest absolute Gasteiger partial charge is 0.119 e. The Labute approximate surface area is 140 Å². The van der Waals surface area contributed by atoms with Crippen molar-refractivity contribution >= 4 is 15.9 Å². The number of aromatic nitrogens is 1. The van der Waals surface area contributed by atoms with Gasteiger partial charge in [-0.3, -0.25) is 0 Å². The second-order valence-electron chi connectivity index (χ2n) is 5.86. The van der Waals surface area contributed by atoms with E-state index in [4.69, 9.17) is 4.74 Å². The fourth-order valence-electron chi connectivity index (χ4n) is 2.94. The van der Waals surface area contributed by atoms with Crippen molar-refractivity contribution < 1.29 is 4.74 Å². The van der Waals surface area contributed by atoms with Gasteiger partial charge < -0.3 is 14.6 Å². The van der Waals surface area contributed by atoms with Gasteiger partial charge in [-0.1, -0.05) is 18.6 Å². The number of nitrogens with zero attached hydrogens (tertiary/aromatic N) is 1. The van der Waals surface area contributed by atoms with Gasteiger partial charge in [0.2, 0.25) is 0 Å². The van der Waals surface area contributed by atoms with Crippen molar-refractivity contribution in [2.24, 2.45) is 0 Å². The quantitative estimate of drug-likeness (QED) is 0.754. The van der Waals surface area contributed by atoms with E-state index < -0.39 is 0 Å². The molecule has 2 heterocycles. The highest BCUT2D eigenvalue weighted by Crippen LogP contribution is 2.24. The molecule has 1 saturated heterocycles. The number of piperidine rings is 1. The Morgan fingerprint density at radius 3 is 2.50 bits per heavy atom. The summed E-state index contributed by atoms with van der Waals surface area (Å²) in [6.07, 6.45) is 7.22. The van der Waals surface area contributed by atoms with E-state index in [9.17, 15) is 0 Å². The lowest BCUT2D eigenvalue weighted by molar-refractivity contribution is 0.205. The molecule has 0 aliphatic carbocycles. The second-order valence-corrected chi connectivity index (χ2v) is 6.72. The normalized spacial score (nSPS) is 15.9. The summed E-state index contributed by atoms with van der Waals surface area (Å²) in [4.78, 5) is 5.69. The summed E-state index contributed by atoms with van der Waals surface area (Å²) < 4.78 is 6.85. The fourth-order valence-corrected chi connectivity index (χ4v) is 3.30. The maximum absolute atomic E-state index is 5.85. The first-order valence-corrected chi connectivity index (χ1v) is 8.90. The molecule has 1 aromatic heterocycles. The van der Waals surface area contributed by atoms with Gasteiger partial charge >= 0.3 is 0 Å². The Bertz CT molecular complexity index is 573. The van der Waals surface area contributed by atoms with Gasteiger partial charge in [-0.15, -0.1) is 0 Å². The van der Waals surface area contributed by atoms with E-state index in [0.29, 0.717) is 0 Å². The number of H-pyrrole nitrogens is 1. The van der Waals surface area contributed by atoms with Crippen LogP contribution in [0, 0.1) is 0 Å². The van der Waals surface area contributed by atoms with Gasteiger partial charge in [-0.05, 0) is 72.0 Å². The summed E-state index contributed by atoms with van der Waals surface area (Å²) in [5.41, 5.74) is 2.38. The van der Waals surface area contributed by atoms with E-state index >= 15 is 0 Å². The number of nitrogens with one attached hydrogen (secondary N) is 1. The maximum Gasteiger partial charge on any atom is 0.119 e. The molecule has 0 amide bonds. The van der Waals surface area contributed by atoms with Gasteiger partial charge in [0.25, 0.3) is 0 Å². The molecule has 2 aromatic rings. The number of likely N-dealkylation sites (tertiary alicyclic amines) is 1. The van der Waals surface area contributed by atoms with Crippen molar-refractivity contribution in [2.75, 3.05) is 26.2 Å². The van der Waals surface area contributed by atoms with Crippen LogP contribution in [0.4, 0.5) is 0 Å². The van der Waals surface area contributed by atoms with Crippen molar-refractivity contribution in [3.8, 4) is 16.9 Å². The highest BCUT2D eigenvalue weighted by molar-refractivity contribution is 9.10. The van der Waals surface area contributed by atoms with E-state index in [1.165, 1.54) is 43.5 Å². The first-order valence-electron chi connectivity index (χ1n) is 8.11. The van der Waals surface area contributed by atoms with Crippen molar-refractivity contribution in [1.29, 1.82) is 0 Å². The second kappa shape index (κ2) is 7.84. The molecule has 3 nitrogen and oxygen atoms in total. The third-order valence-electron chi connectivity index (χ3n) is 4.17. The number of halogens is 1. The van der Waals surface area contributed by atoms with Crippen LogP contribution in [-0.2, 0) is 0 Å². The highest BCUT2D eigenvalue weighted by Gasteiger charge is 2.09. The number of hydrogen-bond donors (Lipinski definition) is 1. The van der Waals surface area contributed by atoms with E-state index in [-0.39, 0.29) is 0 Å². The molecule has 3 rings (SSSR count). The molecule has 4 heteroatoms. The Hall–Kier alpha value is -1.26. The first-order chi connectivity index (χ1) is 10.8. The van der Waals surface area contributed by atoms with E-state index in [2.05, 4.69) is 56.1 Å². The van der Waals surface area contributed by atoms with E-state index in [1.54, 1.807) is 0 Å². The minimum atomic E-state index is 0.797. The zero-order chi connectivity index (χ0) is 15.2. The number of benzene rings is 1. The molecule has 0 atom stereocenters. The molecular weight excluding hydrogens is 340 g/mol. The molecule has 0 unspecified atom stereocenters. The van der Waals surface area contributed by atoms with Gasteiger partial charge in [-0.25, -0.2) is 0 Å². The van der Waals surface area contributed by atoms with Crippen LogP contribution in [0.3, 0.4) is 0 Å². The summed E-state index contributed by atoms with van der Waals surface area (Å²) in [7, 11) is 0. The predicted octanol–water partition coefficient (Wildman–Crippen LogP) is 4.70. The minimum absolute atomic E-state index is 0.797. The summed E-state index contributed by atoms with van der Waals surface area (Å²) in [6.45, 7) is 4.49. The molecule has 0 spiro atoms. The van der Waals surface area contributed by atoms with Crippen LogP contribution in [0.5, 0.6) is 5.75 Å². The average molecular weight is 363 g/mol. The zero-order valence-electron chi connectivity index (χ0n) is 12.9. The molecule has 22 heavy (non-hydrogen) atoms. The van der Waals surface area contributed by atoms with Gasteiger partial charge in [0, 0.05) is 18.3 Å². The topological polar surface area (TPSA) is 28.3 Å². The van der Waals surface area contributed by atoms with Gasteiger partial charge in [0.05, 0.1) is 11.2 Å². The standard InChI is InChI=1S/C18H23BrN2O/c19-18-13-16(14-20-18)15-5-7-17(8-6-15)22-12-4-11-21-9-2-1-3-10-21/h5-8,13-14,20H,1-4,9-12H2. The third-order valence-corrected chi connectivity index (χ3v) is 4.63. The van der Waals surface area contributed by atoms with Gasteiger partial charge in [0.1, 0.15) is 5.75 Å². The Morgan fingerprint density at radius 1 is 1.05 bits per heavy atom. The third kappa shape index (κ3) is 4.37. The summed E-state index contributed by atoms with van der Waals surface area (Å²) in [5, 5.41) is 0. The van der Waals surface area contributed by atoms with Crippen LogP contribution in [0.1, 0.15) is 25.7 Å². The number of aromatic amines is 1. The summed E-state index contributed by atoms with van der Waals surface area (Å²) in [6, 6.07) is 10.4. The molecular formula is C18H23BrN2O. The molecule has 1 aliphatic heterocycles. The van der Waals surface area contributed by atoms with Crippen LogP contribution >= 0.6 is 15.9 Å². The lowest BCUT2D eigenvalue weighted by Crippen LogP contribution is -2.31. The number of hydrogen-bond acceptors (Lipinski definition) is 2. The summed E-state index contributed by atoms with van der Waals surface area (Å²) in [5.74, 6) is 0.956. The number of ether oxygens (including phenoxy) is 1. The van der Waals surface area contributed by atoms with E-state index in [1.807, 2.05) is 6.20 Å². The van der Waals surface area contributed by atoms with Crippen molar-refractivity contribution in [2.45, 2.75) is 25.7 Å². The molecule has 118 valence electrons. The van der Waals surface area contributed by atoms with Gasteiger partial charge in [-0.2, -0.15) is 0 Å². The minimum Gasteiger partial charge on any atom is -0.494 e. The lowest BCUT2D eigenvalue weighted by Gasteiger charge is -2.26. The average Bonchev–Trinajstić information content (AvgIpc) is 3.00. The SMILES string of the molecule is Brc1cc(-c2ccc(OCCCN3CCCCC3)cc2)c[nH]1. The predicted molar refractivity (Wildman–Crippen MR) is 94.3 cm³/mol. The maximum atomic E-state index is 5.85. The van der Waals surface area contributed by atoms with Gasteiger partial charge in [0.15, 0.2) is 0 Å². The van der Waals surface area contributed by atoms with Crippen LogP contribution in [0.15, 0.2) is 41.1 Å². The van der Waals surface area contributed by atoms with Crippen LogP contribution in [-0.4, -0.2) is 36.1 Å². The van der Waals surface area contributed by atoms with Crippen molar-refractivity contribution in [3.05, 3.63) is 41.1 Å². The lowest BCUT2D eigenvalue weighted by atomic mass is 10.1. The molecule has 1 fully saturated rings. The Balaban J connectivity index is 1.43. The Morgan fingerprint density at radius 2 is 1.82 bits per heavy atom. The van der Waals surface area contributed by atoms with Crippen molar-refractivity contribution in [1.82, 2.24) is 9.88 Å². The molecule has 0 radical (unpaired) electrons. The largest absolute Gasteiger partial charge is 0.494 e. The molecule has 0 saturated carbocycles. The fraction of sp³-hybridized carbons (Fsp3) is 0.444. The highest BCUT2D eigenvalue weighted by atomic mass is 79.9. The first kappa shape index (κ1) is 15.6. The molecule has 0 bridgehead atoms.